The summed E-state index contributed by atoms with van der Waals surface area (Å²) >= 11 is 0. The Morgan fingerprint density at radius 3 is 2.73 bits per heavy atom. The van der Waals surface area contributed by atoms with E-state index < -0.39 is 0 Å². The fourth-order valence-corrected chi connectivity index (χ4v) is 3.88. The van der Waals surface area contributed by atoms with Crippen molar-refractivity contribution in [3.8, 4) is 11.1 Å². The van der Waals surface area contributed by atoms with Gasteiger partial charge in [-0.2, -0.15) is 10.2 Å². The number of fused-ring (bicyclic) bond motifs is 2. The van der Waals surface area contributed by atoms with E-state index in [2.05, 4.69) is 52.7 Å². The molecule has 7 nitrogen and oxygen atoms in total. The Hall–Kier alpha value is -3.71. The normalized spacial score (nSPS) is 11.5. The van der Waals surface area contributed by atoms with Crippen molar-refractivity contribution in [2.24, 2.45) is 0 Å². The number of aromatic nitrogens is 5. The first-order chi connectivity index (χ1) is 14.7. The molecule has 5 aromatic rings. The number of rotatable bonds is 6. The highest BCUT2D eigenvalue weighted by Crippen LogP contribution is 2.32. The first-order valence-electron chi connectivity index (χ1n) is 9.96. The lowest BCUT2D eigenvalue weighted by molar-refractivity contribution is 0.288. The molecule has 0 fully saturated rings. The summed E-state index contributed by atoms with van der Waals surface area (Å²) in [7, 11) is 0. The molecule has 0 saturated heterocycles. The van der Waals surface area contributed by atoms with Crippen LogP contribution >= 0.6 is 0 Å². The number of benzene rings is 2. The molecule has 30 heavy (non-hydrogen) atoms. The van der Waals surface area contributed by atoms with E-state index in [1.54, 1.807) is 0 Å². The second-order valence-corrected chi connectivity index (χ2v) is 7.37. The maximum Gasteiger partial charge on any atom is 0.151 e. The number of hydrogen-bond donors (Lipinski definition) is 2. The Morgan fingerprint density at radius 2 is 1.90 bits per heavy atom. The SMILES string of the molecule is Nc1ncnn2c(CCCO)cc(-c3ccc4cn(Cc5ccccc5)nc4c3)c12. The van der Waals surface area contributed by atoms with Crippen LogP contribution in [0.1, 0.15) is 17.7 Å². The number of anilines is 1. The van der Waals surface area contributed by atoms with Gasteiger partial charge < -0.3 is 10.8 Å². The van der Waals surface area contributed by atoms with Gasteiger partial charge in [0.25, 0.3) is 0 Å². The van der Waals surface area contributed by atoms with Crippen molar-refractivity contribution in [3.63, 3.8) is 0 Å². The van der Waals surface area contributed by atoms with Gasteiger partial charge in [0.1, 0.15) is 11.8 Å². The summed E-state index contributed by atoms with van der Waals surface area (Å²) < 4.78 is 3.79. The average molecular weight is 398 g/mol. The zero-order valence-electron chi connectivity index (χ0n) is 16.4. The largest absolute Gasteiger partial charge is 0.396 e. The molecule has 3 aromatic heterocycles. The molecule has 7 heteroatoms. The molecular weight excluding hydrogens is 376 g/mol. The van der Waals surface area contributed by atoms with E-state index >= 15 is 0 Å². The minimum absolute atomic E-state index is 0.133. The molecule has 0 atom stereocenters. The van der Waals surface area contributed by atoms with E-state index in [9.17, 15) is 5.11 Å². The molecule has 0 amide bonds. The summed E-state index contributed by atoms with van der Waals surface area (Å²) in [5, 5.41) is 19.5. The van der Waals surface area contributed by atoms with Gasteiger partial charge in [-0.15, -0.1) is 0 Å². The van der Waals surface area contributed by atoms with Crippen LogP contribution in [0.25, 0.3) is 27.5 Å². The summed E-state index contributed by atoms with van der Waals surface area (Å²) in [6.45, 7) is 0.861. The van der Waals surface area contributed by atoms with Gasteiger partial charge in [0.2, 0.25) is 0 Å². The van der Waals surface area contributed by atoms with Crippen molar-refractivity contribution >= 4 is 22.2 Å². The third kappa shape index (κ3) is 3.29. The minimum atomic E-state index is 0.133. The molecule has 2 aromatic carbocycles. The van der Waals surface area contributed by atoms with Gasteiger partial charge in [0.05, 0.1) is 12.1 Å². The van der Waals surface area contributed by atoms with Crippen LogP contribution in [0, 0.1) is 0 Å². The Balaban J connectivity index is 1.57. The zero-order chi connectivity index (χ0) is 20.5. The van der Waals surface area contributed by atoms with Crippen molar-refractivity contribution < 1.29 is 5.11 Å². The molecule has 5 rings (SSSR count). The maximum atomic E-state index is 9.23. The van der Waals surface area contributed by atoms with Gasteiger partial charge in [-0.05, 0) is 36.1 Å². The minimum Gasteiger partial charge on any atom is -0.396 e. The third-order valence-corrected chi connectivity index (χ3v) is 5.30. The van der Waals surface area contributed by atoms with Crippen LogP contribution in [-0.2, 0) is 13.0 Å². The van der Waals surface area contributed by atoms with Crippen LogP contribution in [0.4, 0.5) is 5.82 Å². The van der Waals surface area contributed by atoms with E-state index in [1.807, 2.05) is 27.4 Å². The highest BCUT2D eigenvalue weighted by Gasteiger charge is 2.16. The molecule has 0 radical (unpaired) electrons. The summed E-state index contributed by atoms with van der Waals surface area (Å²) in [4.78, 5) is 4.18. The van der Waals surface area contributed by atoms with E-state index in [0.29, 0.717) is 18.7 Å². The fourth-order valence-electron chi connectivity index (χ4n) is 3.88. The first kappa shape index (κ1) is 18.3. The number of nitrogens with zero attached hydrogens (tertiary/aromatic N) is 5. The number of nitrogens with two attached hydrogens (primary N) is 1. The summed E-state index contributed by atoms with van der Waals surface area (Å²) in [6, 6.07) is 18.6. The zero-order valence-corrected chi connectivity index (χ0v) is 16.4. The lowest BCUT2D eigenvalue weighted by Crippen LogP contribution is -2.02. The van der Waals surface area contributed by atoms with Crippen LogP contribution in [0.2, 0.25) is 0 Å². The van der Waals surface area contributed by atoms with Crippen molar-refractivity contribution in [2.75, 3.05) is 12.3 Å². The van der Waals surface area contributed by atoms with Gasteiger partial charge in [-0.3, -0.25) is 4.68 Å². The van der Waals surface area contributed by atoms with Crippen LogP contribution in [0.3, 0.4) is 0 Å². The van der Waals surface area contributed by atoms with Crippen LogP contribution in [0.5, 0.6) is 0 Å². The van der Waals surface area contributed by atoms with E-state index in [4.69, 9.17) is 10.8 Å². The number of hydrogen-bond acceptors (Lipinski definition) is 5. The summed E-state index contributed by atoms with van der Waals surface area (Å²) in [6.07, 6.45) is 4.90. The Labute approximate surface area is 173 Å². The maximum absolute atomic E-state index is 9.23. The number of nitrogen functional groups attached to an aromatic ring is 1. The van der Waals surface area contributed by atoms with Gasteiger partial charge >= 0.3 is 0 Å². The lowest BCUT2D eigenvalue weighted by Gasteiger charge is -2.03. The molecule has 0 aliphatic carbocycles. The summed E-state index contributed by atoms with van der Waals surface area (Å²) in [5.74, 6) is 0.435. The van der Waals surface area contributed by atoms with Crippen molar-refractivity contribution in [3.05, 3.63) is 78.4 Å². The first-order valence-corrected chi connectivity index (χ1v) is 9.96. The van der Waals surface area contributed by atoms with Gasteiger partial charge in [-0.25, -0.2) is 9.50 Å². The highest BCUT2D eigenvalue weighted by atomic mass is 16.2. The van der Waals surface area contributed by atoms with Crippen molar-refractivity contribution in [2.45, 2.75) is 19.4 Å². The average Bonchev–Trinajstić information content (AvgIpc) is 3.34. The Kier molecular flexibility index (Phi) is 4.65. The number of aryl methyl sites for hydroxylation is 1. The van der Waals surface area contributed by atoms with Gasteiger partial charge in [0, 0.05) is 29.4 Å². The Bertz CT molecular complexity index is 1320. The molecule has 0 saturated carbocycles. The standard InChI is InChI=1S/C23H22N6O/c24-23-22-20(12-19(7-4-10-30)29(22)26-15-25-23)17-8-9-18-14-28(27-21(18)11-17)13-16-5-2-1-3-6-16/h1-3,5-6,8-9,11-12,14-15,30H,4,7,10,13H2,(H2,24,25,26). The molecular formula is C23H22N6O. The van der Waals surface area contributed by atoms with E-state index in [-0.39, 0.29) is 6.61 Å². The quantitative estimate of drug-likeness (QED) is 0.458. The highest BCUT2D eigenvalue weighted by molar-refractivity contribution is 5.92. The van der Waals surface area contributed by atoms with Gasteiger partial charge in [0.15, 0.2) is 5.82 Å². The second-order valence-electron chi connectivity index (χ2n) is 7.37. The van der Waals surface area contributed by atoms with E-state index in [0.717, 1.165) is 39.8 Å². The summed E-state index contributed by atoms with van der Waals surface area (Å²) in [5.41, 5.74) is 12.1. The smallest absolute Gasteiger partial charge is 0.151 e. The molecule has 0 unspecified atom stereocenters. The second kappa shape index (κ2) is 7.61. The van der Waals surface area contributed by atoms with Crippen LogP contribution in [-0.4, -0.2) is 36.1 Å². The third-order valence-electron chi connectivity index (χ3n) is 5.30. The Morgan fingerprint density at radius 1 is 1.03 bits per heavy atom. The molecule has 0 spiro atoms. The van der Waals surface area contributed by atoms with Crippen LogP contribution < -0.4 is 5.73 Å². The molecule has 0 bridgehead atoms. The lowest BCUT2D eigenvalue weighted by atomic mass is 10.0. The molecule has 0 aliphatic rings. The molecule has 150 valence electrons. The molecule has 3 heterocycles. The monoisotopic (exact) mass is 398 g/mol. The predicted molar refractivity (Wildman–Crippen MR) is 117 cm³/mol. The predicted octanol–water partition coefficient (Wildman–Crippen LogP) is 3.30. The number of aliphatic hydroxyl groups is 1. The number of aliphatic hydroxyl groups excluding tert-OH is 1. The fraction of sp³-hybridized carbons (Fsp3) is 0.174. The van der Waals surface area contributed by atoms with Gasteiger partial charge in [-0.1, -0.05) is 42.5 Å². The van der Waals surface area contributed by atoms with Crippen molar-refractivity contribution in [1.82, 2.24) is 24.4 Å². The van der Waals surface area contributed by atoms with Crippen molar-refractivity contribution in [1.29, 1.82) is 0 Å². The molecule has 0 aliphatic heterocycles. The van der Waals surface area contributed by atoms with E-state index in [1.165, 1.54) is 11.9 Å². The molecule has 3 N–H and O–H groups in total. The topological polar surface area (TPSA) is 94.3 Å². The van der Waals surface area contributed by atoms with Crippen LogP contribution in [0.15, 0.2) is 67.1 Å².